The average Bonchev–Trinajstić information content (AvgIpc) is 3.48. The molecule has 1 spiro atoms. The number of piperazine rings is 1. The molecule has 4 aliphatic heterocycles. The summed E-state index contributed by atoms with van der Waals surface area (Å²) < 4.78 is 0. The Hall–Kier alpha value is -4.53. The molecule has 2 bridgehead atoms. The van der Waals surface area contributed by atoms with Crippen molar-refractivity contribution < 1.29 is 19.2 Å². The number of hydrogen-bond acceptors (Lipinski definition) is 5. The molecule has 9 heteroatoms. The highest BCUT2D eigenvalue weighted by Gasteiger charge is 2.63. The van der Waals surface area contributed by atoms with Gasteiger partial charge < -0.3 is 20.9 Å². The number of benzene rings is 2. The van der Waals surface area contributed by atoms with E-state index in [1.165, 1.54) is 4.90 Å². The van der Waals surface area contributed by atoms with Gasteiger partial charge in [-0.2, -0.15) is 0 Å². The van der Waals surface area contributed by atoms with Gasteiger partial charge in [0.05, 0.1) is 5.41 Å². The van der Waals surface area contributed by atoms with Crippen molar-refractivity contribution in [3.05, 3.63) is 89.1 Å². The first-order valence-electron chi connectivity index (χ1n) is 13.7. The summed E-state index contributed by atoms with van der Waals surface area (Å²) in [5.74, 6) is -0.301. The fourth-order valence-corrected chi connectivity index (χ4v) is 7.20. The summed E-state index contributed by atoms with van der Waals surface area (Å²) in [7, 11) is 0. The summed E-state index contributed by atoms with van der Waals surface area (Å²) in [6.45, 7) is 1.64. The number of rotatable bonds is 5. The molecule has 4 amide bonds. The zero-order chi connectivity index (χ0) is 27.7. The van der Waals surface area contributed by atoms with E-state index in [-0.39, 0.29) is 30.2 Å². The Kier molecular flexibility index (Phi) is 5.20. The first kappa shape index (κ1) is 24.5. The molecule has 9 nitrogen and oxygen atoms in total. The van der Waals surface area contributed by atoms with Gasteiger partial charge in [-0.3, -0.25) is 19.2 Å². The van der Waals surface area contributed by atoms with Crippen molar-refractivity contribution in [3.63, 3.8) is 0 Å². The van der Waals surface area contributed by atoms with Crippen LogP contribution in [0, 0.1) is 0 Å². The Morgan fingerprint density at radius 2 is 1.77 bits per heavy atom. The van der Waals surface area contributed by atoms with Gasteiger partial charge in [0.25, 0.3) is 5.91 Å². The van der Waals surface area contributed by atoms with Gasteiger partial charge >= 0.3 is 0 Å². The minimum absolute atomic E-state index is 0.0593. The Bertz CT molecular complexity index is 1610. The minimum atomic E-state index is -1.23. The van der Waals surface area contributed by atoms with Crippen LogP contribution in [0.25, 0.3) is 0 Å². The predicted molar refractivity (Wildman–Crippen MR) is 147 cm³/mol. The molecule has 3 saturated heterocycles. The number of piperidine rings is 2. The van der Waals surface area contributed by atoms with Crippen LogP contribution in [0.15, 0.2) is 66.9 Å². The van der Waals surface area contributed by atoms with E-state index in [9.17, 15) is 19.2 Å². The topological polar surface area (TPSA) is 120 Å². The zero-order valence-electron chi connectivity index (χ0n) is 22.1. The standard InChI is InChI=1S/C31H29N5O4/c1-2-30-12-13-31(27(39)35-30,21-7-4-3-5-8-21)36(28(30)40)18-24(37)33-22-11-10-19-16-29(17-20(19)15-22)23-9-6-14-32-25(23)34-26(29)38/h3-11,14-15H,2,12-13,16-18H2,1H3,(H,33,37)(H,35,39)(H,32,34,38). The van der Waals surface area contributed by atoms with Crippen LogP contribution in [0.2, 0.25) is 0 Å². The van der Waals surface area contributed by atoms with Gasteiger partial charge in [-0.05, 0) is 67.0 Å². The highest BCUT2D eigenvalue weighted by molar-refractivity contribution is 6.07. The van der Waals surface area contributed by atoms with E-state index < -0.39 is 16.5 Å². The number of nitrogens with one attached hydrogen (secondary N) is 3. The first-order chi connectivity index (χ1) is 19.3. The summed E-state index contributed by atoms with van der Waals surface area (Å²) in [5, 5.41) is 8.84. The minimum Gasteiger partial charge on any atom is -0.339 e. The van der Waals surface area contributed by atoms with Crippen molar-refractivity contribution in [1.82, 2.24) is 15.2 Å². The lowest BCUT2D eigenvalue weighted by atomic mass is 9.68. The van der Waals surface area contributed by atoms with E-state index >= 15 is 0 Å². The van der Waals surface area contributed by atoms with Gasteiger partial charge in [0, 0.05) is 17.4 Å². The van der Waals surface area contributed by atoms with Crippen molar-refractivity contribution in [2.24, 2.45) is 0 Å². The number of carbonyl (C=O) groups is 4. The van der Waals surface area contributed by atoms with Crippen molar-refractivity contribution >= 4 is 35.1 Å². The number of hydrogen-bond donors (Lipinski definition) is 3. The Labute approximate surface area is 231 Å². The van der Waals surface area contributed by atoms with Crippen LogP contribution in [0.3, 0.4) is 0 Å². The van der Waals surface area contributed by atoms with Gasteiger partial charge in [0.15, 0.2) is 0 Å². The maximum absolute atomic E-state index is 13.8. The third-order valence-corrected chi connectivity index (χ3v) is 9.38. The van der Waals surface area contributed by atoms with E-state index in [2.05, 4.69) is 20.9 Å². The van der Waals surface area contributed by atoms with E-state index in [1.54, 1.807) is 6.20 Å². The number of fused-ring (bicyclic) bond motifs is 6. The molecule has 3 fully saturated rings. The van der Waals surface area contributed by atoms with E-state index in [4.69, 9.17) is 0 Å². The quantitative estimate of drug-likeness (QED) is 0.464. The molecule has 2 aromatic carbocycles. The Balaban J connectivity index is 1.15. The molecule has 5 heterocycles. The van der Waals surface area contributed by atoms with Gasteiger partial charge in [0.2, 0.25) is 17.7 Å². The van der Waals surface area contributed by atoms with Crippen LogP contribution in [0.5, 0.6) is 0 Å². The second kappa shape index (κ2) is 8.48. The van der Waals surface area contributed by atoms with Crippen molar-refractivity contribution in [3.8, 4) is 0 Å². The molecule has 3 aromatic rings. The molecule has 5 aliphatic rings. The second-order valence-corrected chi connectivity index (χ2v) is 11.3. The van der Waals surface area contributed by atoms with Crippen LogP contribution in [-0.4, -0.2) is 45.6 Å². The monoisotopic (exact) mass is 535 g/mol. The summed E-state index contributed by atoms with van der Waals surface area (Å²) in [6, 6.07) is 18.7. The van der Waals surface area contributed by atoms with Gasteiger partial charge in [-0.1, -0.05) is 49.4 Å². The number of amides is 4. The van der Waals surface area contributed by atoms with Gasteiger partial charge in [-0.25, -0.2) is 4.98 Å². The third kappa shape index (κ3) is 3.23. The van der Waals surface area contributed by atoms with Crippen LogP contribution in [0.4, 0.5) is 11.5 Å². The summed E-state index contributed by atoms with van der Waals surface area (Å²) in [6.07, 6.45) is 4.18. The van der Waals surface area contributed by atoms with Crippen molar-refractivity contribution in [2.75, 3.05) is 17.2 Å². The van der Waals surface area contributed by atoms with Crippen LogP contribution >= 0.6 is 0 Å². The SMILES string of the molecule is CCC12CCC(c3ccccc3)(C(=O)N1)N(CC(=O)Nc1ccc3c(c1)CC1(C3)C(=O)Nc3ncccc31)C2=O. The maximum Gasteiger partial charge on any atom is 0.251 e. The van der Waals surface area contributed by atoms with E-state index in [1.807, 2.05) is 67.6 Å². The number of nitrogens with zero attached hydrogens (tertiary/aromatic N) is 2. The molecule has 202 valence electrons. The third-order valence-electron chi connectivity index (χ3n) is 9.38. The number of carbonyl (C=O) groups excluding carboxylic acids is 4. The predicted octanol–water partition coefficient (Wildman–Crippen LogP) is 2.81. The van der Waals surface area contributed by atoms with E-state index in [0.29, 0.717) is 49.2 Å². The molecular formula is C31H29N5O4. The largest absolute Gasteiger partial charge is 0.339 e. The second-order valence-electron chi connectivity index (χ2n) is 11.3. The molecule has 3 atom stereocenters. The highest BCUT2D eigenvalue weighted by Crippen LogP contribution is 2.48. The lowest BCUT2D eigenvalue weighted by Crippen LogP contribution is -2.78. The molecule has 3 N–H and O–H groups in total. The van der Waals surface area contributed by atoms with Crippen molar-refractivity contribution in [2.45, 2.75) is 55.5 Å². The number of anilines is 2. The smallest absolute Gasteiger partial charge is 0.251 e. The summed E-state index contributed by atoms with van der Waals surface area (Å²) >= 11 is 0. The number of pyridine rings is 1. The highest BCUT2D eigenvalue weighted by atomic mass is 16.2. The molecule has 8 rings (SSSR count). The fraction of sp³-hybridized carbons (Fsp3) is 0.323. The average molecular weight is 536 g/mol. The molecule has 0 radical (unpaired) electrons. The van der Waals surface area contributed by atoms with E-state index in [0.717, 1.165) is 16.7 Å². The molecule has 1 aromatic heterocycles. The molecular weight excluding hydrogens is 506 g/mol. The van der Waals surface area contributed by atoms with Crippen LogP contribution in [0.1, 0.15) is 48.4 Å². The zero-order valence-corrected chi connectivity index (χ0v) is 22.1. The normalized spacial score (nSPS) is 27.8. The van der Waals surface area contributed by atoms with Crippen LogP contribution in [-0.2, 0) is 43.0 Å². The van der Waals surface area contributed by atoms with Gasteiger partial charge in [0.1, 0.15) is 23.4 Å². The summed E-state index contributed by atoms with van der Waals surface area (Å²) in [4.78, 5) is 59.6. The van der Waals surface area contributed by atoms with Crippen LogP contribution < -0.4 is 16.0 Å². The molecule has 3 unspecified atom stereocenters. The lowest BCUT2D eigenvalue weighted by molar-refractivity contribution is -0.174. The lowest BCUT2D eigenvalue weighted by Gasteiger charge is -2.57. The maximum atomic E-state index is 13.8. The Morgan fingerprint density at radius 1 is 0.975 bits per heavy atom. The van der Waals surface area contributed by atoms with Crippen molar-refractivity contribution in [1.29, 1.82) is 0 Å². The first-order valence-corrected chi connectivity index (χ1v) is 13.7. The molecule has 0 saturated carbocycles. The van der Waals surface area contributed by atoms with Gasteiger partial charge in [-0.15, -0.1) is 0 Å². The summed E-state index contributed by atoms with van der Waals surface area (Å²) in [5.41, 5.74) is 1.32. The Morgan fingerprint density at radius 3 is 2.55 bits per heavy atom. The molecule has 1 aliphatic carbocycles. The molecule has 40 heavy (non-hydrogen) atoms. The fourth-order valence-electron chi connectivity index (χ4n) is 7.20. The number of aromatic nitrogens is 1.